The van der Waals surface area contributed by atoms with Crippen LogP contribution in [0.15, 0.2) is 38.5 Å². The van der Waals surface area contributed by atoms with Crippen LogP contribution in [0, 0.1) is 6.92 Å². The van der Waals surface area contributed by atoms with E-state index in [4.69, 9.17) is 4.42 Å². The number of aliphatic imine (C=N–C) groups is 1. The van der Waals surface area contributed by atoms with Crippen LogP contribution in [0.25, 0.3) is 22.4 Å². The van der Waals surface area contributed by atoms with Gasteiger partial charge in [-0.1, -0.05) is 13.8 Å². The lowest BCUT2D eigenvalue weighted by Crippen LogP contribution is -2.19. The average molecular weight is 341 g/mol. The quantitative estimate of drug-likeness (QED) is 0.570. The molecule has 0 saturated carbocycles. The van der Waals surface area contributed by atoms with Gasteiger partial charge >= 0.3 is 0 Å². The molecule has 0 unspecified atom stereocenters. The summed E-state index contributed by atoms with van der Waals surface area (Å²) in [5.74, 6) is 1.46. The van der Waals surface area contributed by atoms with Crippen molar-refractivity contribution in [3.8, 4) is 11.5 Å². The molecule has 0 aliphatic carbocycles. The van der Waals surface area contributed by atoms with Crippen molar-refractivity contribution in [3.05, 3.63) is 40.5 Å². The fraction of sp³-hybridized carbons (Fsp3) is 0.333. The van der Waals surface area contributed by atoms with Crippen molar-refractivity contribution in [3.63, 3.8) is 0 Å². The average Bonchev–Trinajstić information content (AvgIpc) is 3.05. The van der Waals surface area contributed by atoms with Gasteiger partial charge in [0.2, 0.25) is 5.89 Å². The summed E-state index contributed by atoms with van der Waals surface area (Å²) in [5.41, 5.74) is 1.94. The first-order valence-corrected chi connectivity index (χ1v) is 8.14. The van der Waals surface area contributed by atoms with Crippen molar-refractivity contribution < 1.29 is 4.42 Å². The minimum absolute atomic E-state index is 0.173. The zero-order chi connectivity index (χ0) is 18.6. The summed E-state index contributed by atoms with van der Waals surface area (Å²) >= 11 is 0. The third kappa shape index (κ3) is 3.76. The third-order valence-electron chi connectivity index (χ3n) is 3.64. The molecule has 132 valence electrons. The van der Waals surface area contributed by atoms with E-state index in [1.54, 1.807) is 31.7 Å². The van der Waals surface area contributed by atoms with Gasteiger partial charge in [-0.3, -0.25) is 9.79 Å². The molecular weight excluding hydrogens is 318 g/mol. The monoisotopic (exact) mass is 341 g/mol. The molecule has 1 N–H and O–H groups in total. The molecule has 1 aromatic carbocycles. The number of hydrogen-bond donors (Lipinski definition) is 1. The molecule has 0 spiro atoms. The van der Waals surface area contributed by atoms with Crippen molar-refractivity contribution >= 4 is 22.4 Å². The van der Waals surface area contributed by atoms with Crippen LogP contribution in [-0.4, -0.2) is 27.6 Å². The summed E-state index contributed by atoms with van der Waals surface area (Å²) in [5, 5.41) is 11.8. The molecule has 0 radical (unpaired) electrons. The summed E-state index contributed by atoms with van der Waals surface area (Å²) in [6.45, 7) is 7.58. The summed E-state index contributed by atoms with van der Waals surface area (Å²) in [7, 11) is 3.45. The summed E-state index contributed by atoms with van der Waals surface area (Å²) in [6, 6.07) is 7.53. The lowest BCUT2D eigenvalue weighted by Gasteiger charge is -2.10. The summed E-state index contributed by atoms with van der Waals surface area (Å²) in [4.78, 5) is 16.6. The van der Waals surface area contributed by atoms with Crippen LogP contribution in [0.4, 0.5) is 5.69 Å². The van der Waals surface area contributed by atoms with E-state index >= 15 is 0 Å². The minimum atomic E-state index is -0.173. The Morgan fingerprint density at radius 2 is 1.96 bits per heavy atom. The molecule has 0 amide bonds. The number of anilines is 1. The Kier molecular flexibility index (Phi) is 5.69. The number of nitrogens with one attached hydrogen (secondary N) is 1. The van der Waals surface area contributed by atoms with Gasteiger partial charge in [-0.2, -0.15) is 0 Å². The molecule has 0 aliphatic heterocycles. The maximum atomic E-state index is 12.5. The first kappa shape index (κ1) is 18.4. The van der Waals surface area contributed by atoms with Crippen LogP contribution in [0.1, 0.15) is 26.7 Å². The zero-order valence-electron chi connectivity index (χ0n) is 15.4. The van der Waals surface area contributed by atoms with Crippen molar-refractivity contribution in [2.75, 3.05) is 12.4 Å². The van der Waals surface area contributed by atoms with E-state index in [0.29, 0.717) is 11.5 Å². The summed E-state index contributed by atoms with van der Waals surface area (Å²) < 4.78 is 6.97. The number of nitrogens with zero attached hydrogens (tertiary/aromatic N) is 4. The molecule has 2 heterocycles. The first-order valence-electron chi connectivity index (χ1n) is 8.14. The Bertz CT molecular complexity index is 969. The van der Waals surface area contributed by atoms with Crippen LogP contribution in [-0.2, 0) is 7.05 Å². The third-order valence-corrected chi connectivity index (χ3v) is 3.64. The van der Waals surface area contributed by atoms with Gasteiger partial charge < -0.3 is 14.3 Å². The van der Waals surface area contributed by atoms with Crippen LogP contribution in [0.2, 0.25) is 0 Å². The Hall–Kier alpha value is -2.96. The number of fused-ring (bicyclic) bond motifs is 1. The van der Waals surface area contributed by atoms with Gasteiger partial charge in [0.05, 0.1) is 11.4 Å². The lowest BCUT2D eigenvalue weighted by molar-refractivity contribution is 0.531. The lowest BCUT2D eigenvalue weighted by atomic mass is 10.1. The molecule has 0 bridgehead atoms. The van der Waals surface area contributed by atoms with Crippen molar-refractivity contribution in [1.82, 2.24) is 14.8 Å². The Balaban J connectivity index is 0.00000109. The highest BCUT2D eigenvalue weighted by Gasteiger charge is 2.14. The van der Waals surface area contributed by atoms with E-state index in [1.165, 1.54) is 0 Å². The molecule has 3 rings (SSSR count). The molecule has 25 heavy (non-hydrogen) atoms. The van der Waals surface area contributed by atoms with Gasteiger partial charge in [-0.25, -0.2) is 0 Å². The maximum Gasteiger partial charge on any atom is 0.263 e. The fourth-order valence-corrected chi connectivity index (χ4v) is 2.38. The molecule has 7 nitrogen and oxygen atoms in total. The molecule has 0 aliphatic rings. The first-order chi connectivity index (χ1) is 12.0. The van der Waals surface area contributed by atoms with Gasteiger partial charge in [0.15, 0.2) is 0 Å². The molecule has 0 fully saturated rings. The van der Waals surface area contributed by atoms with Gasteiger partial charge in [-0.05, 0) is 31.2 Å². The number of benzene rings is 1. The summed E-state index contributed by atoms with van der Waals surface area (Å²) in [6.07, 6.45) is 0. The molecule has 0 saturated heterocycles. The smallest absolute Gasteiger partial charge is 0.263 e. The van der Waals surface area contributed by atoms with Crippen LogP contribution in [0.5, 0.6) is 0 Å². The van der Waals surface area contributed by atoms with E-state index < -0.39 is 0 Å². The normalized spacial score (nSPS) is 11.2. The highest BCUT2D eigenvalue weighted by atomic mass is 16.4. The SMILES string of the molecule is CC.CN=C(C)Nc1ccc2c(c1)cc(-c1nnc(C)o1)c(=O)n2C. The predicted molar refractivity (Wildman–Crippen MR) is 101 cm³/mol. The number of rotatable bonds is 2. The van der Waals surface area contributed by atoms with E-state index in [9.17, 15) is 4.79 Å². The topological polar surface area (TPSA) is 85.3 Å². The Labute approximate surface area is 146 Å². The molecule has 7 heteroatoms. The van der Waals surface area contributed by atoms with E-state index in [-0.39, 0.29) is 11.4 Å². The second-order valence-corrected chi connectivity index (χ2v) is 5.26. The van der Waals surface area contributed by atoms with Gasteiger partial charge in [0.1, 0.15) is 5.56 Å². The van der Waals surface area contributed by atoms with Crippen molar-refractivity contribution in [2.24, 2.45) is 12.0 Å². The van der Waals surface area contributed by atoms with Gasteiger partial charge in [-0.15, -0.1) is 10.2 Å². The maximum absolute atomic E-state index is 12.5. The highest BCUT2D eigenvalue weighted by Crippen LogP contribution is 2.22. The van der Waals surface area contributed by atoms with Crippen LogP contribution in [0.3, 0.4) is 0 Å². The van der Waals surface area contributed by atoms with Crippen LogP contribution < -0.4 is 10.9 Å². The molecular formula is C18H23N5O2. The van der Waals surface area contributed by atoms with E-state index in [0.717, 1.165) is 22.4 Å². The Morgan fingerprint density at radius 3 is 2.56 bits per heavy atom. The number of amidine groups is 1. The minimum Gasteiger partial charge on any atom is -0.421 e. The highest BCUT2D eigenvalue weighted by molar-refractivity contribution is 5.96. The number of aromatic nitrogens is 3. The molecule has 0 atom stereocenters. The number of hydrogen-bond acceptors (Lipinski definition) is 5. The van der Waals surface area contributed by atoms with Gasteiger partial charge in [0, 0.05) is 32.1 Å². The predicted octanol–water partition coefficient (Wildman–Crippen LogP) is 3.38. The van der Waals surface area contributed by atoms with Crippen LogP contribution >= 0.6 is 0 Å². The molecule has 3 aromatic rings. The standard InChI is InChI=1S/C16H17N5O2.C2H6/c1-9(17-3)18-12-5-6-14-11(7-12)8-13(16(22)21(14)4)15-20-19-10(2)23-15;1-2/h5-8H,1-4H3,(H,17,18);1-2H3. The molecule has 2 aromatic heterocycles. The van der Waals surface area contributed by atoms with Crippen molar-refractivity contribution in [1.29, 1.82) is 0 Å². The second-order valence-electron chi connectivity index (χ2n) is 5.26. The van der Waals surface area contributed by atoms with E-state index in [2.05, 4.69) is 20.5 Å². The number of pyridine rings is 1. The zero-order valence-corrected chi connectivity index (χ0v) is 15.4. The van der Waals surface area contributed by atoms with E-state index in [1.807, 2.05) is 39.0 Å². The second kappa shape index (κ2) is 7.74. The fourth-order valence-electron chi connectivity index (χ4n) is 2.38. The largest absolute Gasteiger partial charge is 0.421 e. The van der Waals surface area contributed by atoms with Gasteiger partial charge in [0.25, 0.3) is 11.4 Å². The van der Waals surface area contributed by atoms with Crippen molar-refractivity contribution in [2.45, 2.75) is 27.7 Å². The Morgan fingerprint density at radius 1 is 1.24 bits per heavy atom. The number of aryl methyl sites for hydroxylation is 2.